The Hall–Kier alpha value is -2.24. The first-order chi connectivity index (χ1) is 10.7. The van der Waals surface area contributed by atoms with E-state index in [1.54, 1.807) is 13.0 Å². The Morgan fingerprint density at radius 2 is 1.87 bits per heavy atom. The summed E-state index contributed by atoms with van der Waals surface area (Å²) < 4.78 is 4.71. The third-order valence-electron chi connectivity index (χ3n) is 3.56. The highest BCUT2D eigenvalue weighted by atomic mass is 16.5. The second-order valence-electron chi connectivity index (χ2n) is 6.12. The van der Waals surface area contributed by atoms with Gasteiger partial charge in [0.15, 0.2) is 0 Å². The van der Waals surface area contributed by atoms with Gasteiger partial charge in [-0.3, -0.25) is 4.79 Å². The highest BCUT2D eigenvalue weighted by molar-refractivity contribution is 5.84. The molecule has 1 amide bonds. The van der Waals surface area contributed by atoms with Gasteiger partial charge >= 0.3 is 5.97 Å². The van der Waals surface area contributed by atoms with Gasteiger partial charge in [0.1, 0.15) is 17.5 Å². The molecule has 2 atom stereocenters. The van der Waals surface area contributed by atoms with Crippen LogP contribution in [-0.4, -0.2) is 35.2 Å². The number of amides is 1. The molecular weight excluding hydrogens is 298 g/mol. The fraction of sp³-hybridized carbons (Fsp3) is 0.529. The summed E-state index contributed by atoms with van der Waals surface area (Å²) in [5.74, 6) is -0.873. The molecule has 1 unspecified atom stereocenters. The van der Waals surface area contributed by atoms with E-state index in [1.165, 1.54) is 19.2 Å². The molecule has 1 rings (SSSR count). The molecule has 6 heteroatoms. The fourth-order valence-corrected chi connectivity index (χ4v) is 2.42. The van der Waals surface area contributed by atoms with Crippen LogP contribution in [0.3, 0.4) is 0 Å². The van der Waals surface area contributed by atoms with Crippen molar-refractivity contribution in [1.29, 1.82) is 0 Å². The molecule has 6 nitrogen and oxygen atoms in total. The zero-order valence-electron chi connectivity index (χ0n) is 14.0. The number of phenols is 2. The number of methoxy groups -OCH3 is 1. The van der Waals surface area contributed by atoms with Crippen LogP contribution in [0.1, 0.15) is 45.1 Å². The number of hydrogen-bond acceptors (Lipinski definition) is 5. The van der Waals surface area contributed by atoms with Crippen molar-refractivity contribution in [2.75, 3.05) is 7.11 Å². The van der Waals surface area contributed by atoms with Gasteiger partial charge in [-0.15, -0.1) is 0 Å². The molecule has 3 N–H and O–H groups in total. The van der Waals surface area contributed by atoms with Gasteiger partial charge in [0, 0.05) is 12.5 Å². The van der Waals surface area contributed by atoms with Crippen molar-refractivity contribution in [3.63, 3.8) is 0 Å². The minimum atomic E-state index is -0.673. The lowest BCUT2D eigenvalue weighted by Crippen LogP contribution is -2.42. The molecule has 1 aromatic rings. The van der Waals surface area contributed by atoms with E-state index in [-0.39, 0.29) is 35.7 Å². The predicted molar refractivity (Wildman–Crippen MR) is 86.2 cm³/mol. The molecule has 0 saturated heterocycles. The van der Waals surface area contributed by atoms with Crippen LogP contribution >= 0.6 is 0 Å². The average molecular weight is 323 g/mol. The van der Waals surface area contributed by atoms with Crippen LogP contribution in [0.15, 0.2) is 18.2 Å². The predicted octanol–water partition coefficient (Wildman–Crippen LogP) is 2.30. The minimum absolute atomic E-state index is 0.0365. The van der Waals surface area contributed by atoms with E-state index in [4.69, 9.17) is 4.74 Å². The van der Waals surface area contributed by atoms with E-state index in [0.717, 1.165) is 0 Å². The molecule has 0 aliphatic heterocycles. The van der Waals surface area contributed by atoms with E-state index in [1.807, 2.05) is 13.8 Å². The summed E-state index contributed by atoms with van der Waals surface area (Å²) in [7, 11) is 1.29. The van der Waals surface area contributed by atoms with E-state index < -0.39 is 12.0 Å². The normalized spacial score (nSPS) is 13.4. The number of carbonyl (C=O) groups is 2. The topological polar surface area (TPSA) is 95.9 Å². The van der Waals surface area contributed by atoms with Crippen LogP contribution in [0.25, 0.3) is 0 Å². The maximum Gasteiger partial charge on any atom is 0.328 e. The number of rotatable bonds is 7. The van der Waals surface area contributed by atoms with Crippen LogP contribution in [0, 0.1) is 5.92 Å². The number of nitrogens with one attached hydrogen (secondary N) is 1. The van der Waals surface area contributed by atoms with Crippen molar-refractivity contribution in [2.24, 2.45) is 5.92 Å². The van der Waals surface area contributed by atoms with Crippen molar-refractivity contribution >= 4 is 11.9 Å². The largest absolute Gasteiger partial charge is 0.508 e. The first-order valence-corrected chi connectivity index (χ1v) is 7.63. The van der Waals surface area contributed by atoms with Gasteiger partial charge in [-0.1, -0.05) is 26.8 Å². The van der Waals surface area contributed by atoms with E-state index in [9.17, 15) is 19.8 Å². The van der Waals surface area contributed by atoms with Crippen molar-refractivity contribution in [3.05, 3.63) is 23.8 Å². The fourth-order valence-electron chi connectivity index (χ4n) is 2.42. The Kier molecular flexibility index (Phi) is 6.88. The van der Waals surface area contributed by atoms with Gasteiger partial charge in [-0.25, -0.2) is 4.79 Å². The Labute approximate surface area is 136 Å². The lowest BCUT2D eigenvalue weighted by Gasteiger charge is -2.20. The summed E-state index contributed by atoms with van der Waals surface area (Å²) >= 11 is 0. The maximum atomic E-state index is 12.2. The van der Waals surface area contributed by atoms with Crippen LogP contribution < -0.4 is 5.32 Å². The third-order valence-corrected chi connectivity index (χ3v) is 3.56. The molecule has 0 radical (unpaired) electrons. The monoisotopic (exact) mass is 323 g/mol. The van der Waals surface area contributed by atoms with Gasteiger partial charge in [-0.05, 0) is 29.9 Å². The number of aromatic hydroxyl groups is 2. The Balaban J connectivity index is 2.71. The molecule has 128 valence electrons. The number of phenolic OH excluding ortho intramolecular Hbond substituents is 2. The van der Waals surface area contributed by atoms with E-state index in [0.29, 0.717) is 12.0 Å². The van der Waals surface area contributed by atoms with Crippen molar-refractivity contribution in [2.45, 2.75) is 45.6 Å². The van der Waals surface area contributed by atoms with Gasteiger partial charge in [0.2, 0.25) is 5.91 Å². The maximum absolute atomic E-state index is 12.2. The standard InChI is InChI=1S/C17H25NO5/c1-10(2)7-14(17(22)23-4)18-16(21)8-11(3)13-6-5-12(19)9-15(13)20/h5-6,9-11,14,19-20H,7-8H2,1-4H3,(H,18,21)/t11?,14-/m1/s1. The lowest BCUT2D eigenvalue weighted by atomic mass is 9.96. The number of benzene rings is 1. The second-order valence-corrected chi connectivity index (χ2v) is 6.12. The number of carbonyl (C=O) groups excluding carboxylic acids is 2. The zero-order valence-corrected chi connectivity index (χ0v) is 14.0. The molecule has 0 aromatic heterocycles. The van der Waals surface area contributed by atoms with Crippen molar-refractivity contribution < 1.29 is 24.5 Å². The van der Waals surface area contributed by atoms with Gasteiger partial charge in [-0.2, -0.15) is 0 Å². The summed E-state index contributed by atoms with van der Waals surface area (Å²) in [5.41, 5.74) is 0.566. The summed E-state index contributed by atoms with van der Waals surface area (Å²) in [5, 5.41) is 21.8. The molecular formula is C17H25NO5. The Morgan fingerprint density at radius 1 is 1.22 bits per heavy atom. The van der Waals surface area contributed by atoms with Crippen LogP contribution in [0.2, 0.25) is 0 Å². The lowest BCUT2D eigenvalue weighted by molar-refractivity contribution is -0.145. The number of esters is 1. The first kappa shape index (κ1) is 18.8. The molecule has 0 aliphatic rings. The van der Waals surface area contributed by atoms with Crippen molar-refractivity contribution in [3.8, 4) is 11.5 Å². The van der Waals surface area contributed by atoms with Gasteiger partial charge < -0.3 is 20.3 Å². The Morgan fingerprint density at radius 3 is 2.39 bits per heavy atom. The molecule has 0 saturated carbocycles. The van der Waals surface area contributed by atoms with Crippen LogP contribution in [0.4, 0.5) is 0 Å². The highest BCUT2D eigenvalue weighted by Gasteiger charge is 2.24. The zero-order chi connectivity index (χ0) is 17.6. The summed E-state index contributed by atoms with van der Waals surface area (Å²) in [4.78, 5) is 23.9. The van der Waals surface area contributed by atoms with E-state index in [2.05, 4.69) is 5.32 Å². The minimum Gasteiger partial charge on any atom is -0.508 e. The third kappa shape index (κ3) is 5.81. The molecule has 0 fully saturated rings. The van der Waals surface area contributed by atoms with Crippen molar-refractivity contribution in [1.82, 2.24) is 5.32 Å². The quantitative estimate of drug-likeness (QED) is 0.669. The Bertz CT molecular complexity index is 556. The van der Waals surface area contributed by atoms with Gasteiger partial charge in [0.05, 0.1) is 7.11 Å². The van der Waals surface area contributed by atoms with Crippen LogP contribution in [-0.2, 0) is 14.3 Å². The molecule has 0 bridgehead atoms. The van der Waals surface area contributed by atoms with Gasteiger partial charge in [0.25, 0.3) is 0 Å². The summed E-state index contributed by atoms with van der Waals surface area (Å²) in [6, 6.07) is 3.60. The molecule has 0 heterocycles. The highest BCUT2D eigenvalue weighted by Crippen LogP contribution is 2.30. The average Bonchev–Trinajstić information content (AvgIpc) is 2.44. The SMILES string of the molecule is COC(=O)[C@@H](CC(C)C)NC(=O)CC(C)c1ccc(O)cc1O. The smallest absolute Gasteiger partial charge is 0.328 e. The first-order valence-electron chi connectivity index (χ1n) is 7.63. The molecule has 0 spiro atoms. The number of ether oxygens (including phenoxy) is 1. The summed E-state index contributed by atoms with van der Waals surface area (Å²) in [6.07, 6.45) is 0.612. The van der Waals surface area contributed by atoms with Crippen LogP contribution in [0.5, 0.6) is 11.5 Å². The van der Waals surface area contributed by atoms with E-state index >= 15 is 0 Å². The second kappa shape index (κ2) is 8.41. The molecule has 23 heavy (non-hydrogen) atoms. The summed E-state index contributed by atoms with van der Waals surface area (Å²) in [6.45, 7) is 5.71. The molecule has 0 aliphatic carbocycles. The number of hydrogen-bond donors (Lipinski definition) is 3. The molecule has 1 aromatic carbocycles.